The average molecular weight is 284 g/mol. The van der Waals surface area contributed by atoms with E-state index in [-0.39, 0.29) is 11.9 Å². The fraction of sp³-hybridized carbons (Fsp3) is 0.235. The maximum absolute atomic E-state index is 12.9. The van der Waals surface area contributed by atoms with E-state index in [1.165, 1.54) is 12.1 Å². The van der Waals surface area contributed by atoms with Crippen molar-refractivity contribution in [1.29, 1.82) is 5.26 Å². The van der Waals surface area contributed by atoms with E-state index in [1.54, 1.807) is 31.4 Å². The highest BCUT2D eigenvalue weighted by molar-refractivity contribution is 5.60. The van der Waals surface area contributed by atoms with E-state index in [9.17, 15) is 4.39 Å². The van der Waals surface area contributed by atoms with E-state index in [0.717, 1.165) is 17.7 Å². The maximum atomic E-state index is 12.9. The van der Waals surface area contributed by atoms with Crippen LogP contribution in [-0.2, 0) is 6.42 Å². The van der Waals surface area contributed by atoms with Gasteiger partial charge in [0.25, 0.3) is 0 Å². The predicted molar refractivity (Wildman–Crippen MR) is 80.9 cm³/mol. The van der Waals surface area contributed by atoms with Crippen LogP contribution in [0.4, 0.5) is 10.1 Å². The van der Waals surface area contributed by atoms with Gasteiger partial charge in [-0.2, -0.15) is 5.26 Å². The molecule has 2 rings (SSSR count). The number of hydrogen-bond donors (Lipinski definition) is 1. The van der Waals surface area contributed by atoms with Crippen molar-refractivity contribution in [1.82, 2.24) is 0 Å². The molecule has 2 aromatic rings. The third-order valence-electron chi connectivity index (χ3n) is 3.19. The third-order valence-corrected chi connectivity index (χ3v) is 3.19. The van der Waals surface area contributed by atoms with Crippen molar-refractivity contribution in [3.63, 3.8) is 0 Å². The Morgan fingerprint density at radius 2 is 1.95 bits per heavy atom. The molecule has 0 heterocycles. The molecular formula is C17H17FN2O. The minimum absolute atomic E-state index is 0.150. The van der Waals surface area contributed by atoms with E-state index in [1.807, 2.05) is 13.0 Å². The fourth-order valence-corrected chi connectivity index (χ4v) is 2.17. The average Bonchev–Trinajstić information content (AvgIpc) is 2.50. The highest BCUT2D eigenvalue weighted by Gasteiger charge is 2.09. The first-order valence-corrected chi connectivity index (χ1v) is 6.71. The number of methoxy groups -OCH3 is 1. The molecule has 0 saturated heterocycles. The number of benzene rings is 2. The van der Waals surface area contributed by atoms with Gasteiger partial charge in [0, 0.05) is 12.1 Å². The Bertz CT molecular complexity index is 647. The molecule has 0 aliphatic rings. The number of ether oxygens (including phenoxy) is 1. The summed E-state index contributed by atoms with van der Waals surface area (Å²) in [5, 5.41) is 12.2. The van der Waals surface area contributed by atoms with Gasteiger partial charge in [-0.1, -0.05) is 12.1 Å². The molecule has 0 aliphatic heterocycles. The number of hydrogen-bond acceptors (Lipinski definition) is 3. The molecule has 0 amide bonds. The molecule has 2 aromatic carbocycles. The summed E-state index contributed by atoms with van der Waals surface area (Å²) >= 11 is 0. The zero-order chi connectivity index (χ0) is 15.2. The van der Waals surface area contributed by atoms with Crippen LogP contribution >= 0.6 is 0 Å². The number of nitriles is 1. The van der Waals surface area contributed by atoms with Gasteiger partial charge in [-0.15, -0.1) is 0 Å². The van der Waals surface area contributed by atoms with Crippen LogP contribution < -0.4 is 10.1 Å². The van der Waals surface area contributed by atoms with Crippen molar-refractivity contribution in [2.45, 2.75) is 19.4 Å². The molecule has 0 fully saturated rings. The molecule has 1 N–H and O–H groups in total. The van der Waals surface area contributed by atoms with Crippen molar-refractivity contribution in [3.05, 3.63) is 59.4 Å². The predicted octanol–water partition coefficient (Wildman–Crippen LogP) is 3.75. The Hall–Kier alpha value is -2.54. The SMILES string of the molecule is COc1cc(C#N)ccc1NC(C)Cc1ccc(F)cc1. The highest BCUT2D eigenvalue weighted by Crippen LogP contribution is 2.26. The van der Waals surface area contributed by atoms with Gasteiger partial charge in [0.2, 0.25) is 0 Å². The molecule has 0 aromatic heterocycles. The Morgan fingerprint density at radius 3 is 2.57 bits per heavy atom. The highest BCUT2D eigenvalue weighted by atomic mass is 19.1. The molecule has 0 spiro atoms. The van der Waals surface area contributed by atoms with Crippen LogP contribution in [-0.4, -0.2) is 13.2 Å². The van der Waals surface area contributed by atoms with Crippen LogP contribution in [0.25, 0.3) is 0 Å². The van der Waals surface area contributed by atoms with E-state index in [0.29, 0.717) is 11.3 Å². The third kappa shape index (κ3) is 3.96. The summed E-state index contributed by atoms with van der Waals surface area (Å²) in [6.45, 7) is 2.04. The van der Waals surface area contributed by atoms with Crippen LogP contribution in [0.15, 0.2) is 42.5 Å². The lowest BCUT2D eigenvalue weighted by Gasteiger charge is -2.17. The Labute approximate surface area is 124 Å². The van der Waals surface area contributed by atoms with Crippen molar-refractivity contribution in [2.75, 3.05) is 12.4 Å². The Morgan fingerprint density at radius 1 is 1.24 bits per heavy atom. The van der Waals surface area contributed by atoms with Gasteiger partial charge in [-0.25, -0.2) is 4.39 Å². The monoisotopic (exact) mass is 284 g/mol. The first-order valence-electron chi connectivity index (χ1n) is 6.71. The lowest BCUT2D eigenvalue weighted by molar-refractivity contribution is 0.416. The number of anilines is 1. The van der Waals surface area contributed by atoms with Crippen LogP contribution in [0.3, 0.4) is 0 Å². The molecule has 0 radical (unpaired) electrons. The second kappa shape index (κ2) is 6.76. The minimum atomic E-state index is -0.229. The van der Waals surface area contributed by atoms with Crippen LogP contribution in [0, 0.1) is 17.1 Å². The molecule has 1 atom stereocenters. The van der Waals surface area contributed by atoms with Crippen molar-refractivity contribution < 1.29 is 9.13 Å². The van der Waals surface area contributed by atoms with Gasteiger partial charge in [0.05, 0.1) is 24.4 Å². The summed E-state index contributed by atoms with van der Waals surface area (Å²) in [7, 11) is 1.58. The zero-order valence-corrected chi connectivity index (χ0v) is 12.1. The number of halogens is 1. The largest absolute Gasteiger partial charge is 0.495 e. The first kappa shape index (κ1) is 14.9. The Kier molecular flexibility index (Phi) is 4.78. The van der Waals surface area contributed by atoms with Gasteiger partial charge in [-0.3, -0.25) is 0 Å². The number of nitrogens with zero attached hydrogens (tertiary/aromatic N) is 1. The van der Waals surface area contributed by atoms with Gasteiger partial charge in [0.1, 0.15) is 11.6 Å². The zero-order valence-electron chi connectivity index (χ0n) is 12.1. The standard InChI is InChI=1S/C17H17FN2O/c1-12(9-13-3-6-15(18)7-4-13)20-16-8-5-14(11-19)10-17(16)21-2/h3-8,10,12,20H,9H2,1-2H3. The molecule has 0 saturated carbocycles. The van der Waals surface area contributed by atoms with Crippen molar-refractivity contribution in [3.8, 4) is 11.8 Å². The van der Waals surface area contributed by atoms with Crippen LogP contribution in [0.5, 0.6) is 5.75 Å². The van der Waals surface area contributed by atoms with E-state index in [4.69, 9.17) is 10.00 Å². The molecule has 21 heavy (non-hydrogen) atoms. The molecule has 0 bridgehead atoms. The van der Waals surface area contributed by atoms with Gasteiger partial charge in [-0.05, 0) is 43.2 Å². The summed E-state index contributed by atoms with van der Waals surface area (Å²) in [6, 6.07) is 14.0. The molecule has 1 unspecified atom stereocenters. The number of rotatable bonds is 5. The molecule has 3 nitrogen and oxygen atoms in total. The smallest absolute Gasteiger partial charge is 0.143 e. The van der Waals surface area contributed by atoms with E-state index >= 15 is 0 Å². The lowest BCUT2D eigenvalue weighted by atomic mass is 10.1. The van der Waals surface area contributed by atoms with Gasteiger partial charge < -0.3 is 10.1 Å². The normalized spacial score (nSPS) is 11.5. The van der Waals surface area contributed by atoms with Crippen LogP contribution in [0.1, 0.15) is 18.1 Å². The quantitative estimate of drug-likeness (QED) is 0.909. The summed E-state index contributed by atoms with van der Waals surface area (Å²) < 4.78 is 18.2. The van der Waals surface area contributed by atoms with E-state index in [2.05, 4.69) is 11.4 Å². The summed E-state index contributed by atoms with van der Waals surface area (Å²) in [4.78, 5) is 0. The summed E-state index contributed by atoms with van der Waals surface area (Å²) in [6.07, 6.45) is 0.767. The van der Waals surface area contributed by atoms with E-state index < -0.39 is 0 Å². The molecule has 4 heteroatoms. The fourth-order valence-electron chi connectivity index (χ4n) is 2.17. The Balaban J connectivity index is 2.07. The molecule has 108 valence electrons. The molecule has 0 aliphatic carbocycles. The maximum Gasteiger partial charge on any atom is 0.143 e. The van der Waals surface area contributed by atoms with Crippen LogP contribution in [0.2, 0.25) is 0 Å². The topological polar surface area (TPSA) is 45.0 Å². The summed E-state index contributed by atoms with van der Waals surface area (Å²) in [5.74, 6) is 0.410. The molecular weight excluding hydrogens is 267 g/mol. The van der Waals surface area contributed by atoms with Crippen molar-refractivity contribution >= 4 is 5.69 Å². The first-order chi connectivity index (χ1) is 10.1. The van der Waals surface area contributed by atoms with Crippen molar-refractivity contribution in [2.24, 2.45) is 0 Å². The second-order valence-electron chi connectivity index (χ2n) is 4.90. The lowest BCUT2D eigenvalue weighted by Crippen LogP contribution is -2.18. The summed E-state index contributed by atoms with van der Waals surface area (Å²) in [5.41, 5.74) is 2.46. The second-order valence-corrected chi connectivity index (χ2v) is 4.90. The number of nitrogens with one attached hydrogen (secondary N) is 1. The van der Waals surface area contributed by atoms with Gasteiger partial charge >= 0.3 is 0 Å². The minimum Gasteiger partial charge on any atom is -0.495 e. The van der Waals surface area contributed by atoms with Gasteiger partial charge in [0.15, 0.2) is 0 Å².